The number of nitrogen functional groups attached to an aromatic ring is 1. The van der Waals surface area contributed by atoms with E-state index in [0.717, 1.165) is 25.7 Å². The molecule has 1 aliphatic rings. The molecule has 8 nitrogen and oxygen atoms in total. The van der Waals surface area contributed by atoms with Crippen LogP contribution in [0.15, 0.2) is 17.3 Å². The largest absolute Gasteiger partial charge is 0.395 e. The molecular formula is C11H19N5O3S. The molecule has 1 aliphatic carbocycles. The minimum atomic E-state index is -3.69. The summed E-state index contributed by atoms with van der Waals surface area (Å²) < 4.78 is 26.5. The zero-order valence-corrected chi connectivity index (χ0v) is 11.9. The molecule has 0 saturated heterocycles. The number of rotatable bonds is 6. The number of nitrogens with two attached hydrogens (primary N) is 1. The third-order valence-electron chi connectivity index (χ3n) is 3.42. The van der Waals surface area contributed by atoms with Crippen LogP contribution >= 0.6 is 0 Å². The maximum atomic E-state index is 12.6. The monoisotopic (exact) mass is 301 g/mol. The van der Waals surface area contributed by atoms with E-state index in [9.17, 15) is 8.42 Å². The summed E-state index contributed by atoms with van der Waals surface area (Å²) in [5.41, 5.74) is 2.24. The molecule has 4 N–H and O–H groups in total. The third-order valence-corrected chi connectivity index (χ3v) is 5.32. The fourth-order valence-corrected chi connectivity index (χ4v) is 4.02. The lowest BCUT2D eigenvalue weighted by molar-refractivity contribution is 0.226. The molecule has 0 unspecified atom stereocenters. The van der Waals surface area contributed by atoms with E-state index >= 15 is 0 Å². The number of aliphatic hydroxyl groups is 1. The van der Waals surface area contributed by atoms with Gasteiger partial charge in [0.1, 0.15) is 4.90 Å². The molecule has 1 saturated carbocycles. The summed E-state index contributed by atoms with van der Waals surface area (Å²) in [6.45, 7) is -0.122. The Morgan fingerprint density at radius 3 is 2.45 bits per heavy atom. The van der Waals surface area contributed by atoms with Gasteiger partial charge < -0.3 is 5.11 Å². The quantitative estimate of drug-likeness (QED) is 0.486. The Kier molecular flexibility index (Phi) is 4.86. The number of sulfonamides is 1. The van der Waals surface area contributed by atoms with Crippen LogP contribution in [0, 0.1) is 0 Å². The van der Waals surface area contributed by atoms with Gasteiger partial charge in [0.15, 0.2) is 0 Å². The van der Waals surface area contributed by atoms with Gasteiger partial charge >= 0.3 is 0 Å². The highest BCUT2D eigenvalue weighted by molar-refractivity contribution is 7.89. The molecule has 0 radical (unpaired) electrons. The SMILES string of the molecule is NNc1ncc(S(=O)(=O)N(CCO)C2CCCC2)cn1. The lowest BCUT2D eigenvalue weighted by Gasteiger charge is -2.27. The van der Waals surface area contributed by atoms with Crippen molar-refractivity contribution in [2.45, 2.75) is 36.6 Å². The van der Waals surface area contributed by atoms with Gasteiger partial charge in [0.25, 0.3) is 0 Å². The molecule has 1 aromatic rings. The number of aromatic nitrogens is 2. The minimum Gasteiger partial charge on any atom is -0.395 e. The second kappa shape index (κ2) is 6.44. The van der Waals surface area contributed by atoms with Gasteiger partial charge in [0.05, 0.1) is 19.0 Å². The molecule has 0 amide bonds. The molecule has 0 aromatic carbocycles. The van der Waals surface area contributed by atoms with Crippen molar-refractivity contribution in [3.63, 3.8) is 0 Å². The van der Waals surface area contributed by atoms with Crippen molar-refractivity contribution in [3.05, 3.63) is 12.4 Å². The van der Waals surface area contributed by atoms with Gasteiger partial charge in [0, 0.05) is 12.6 Å². The average Bonchev–Trinajstić information content (AvgIpc) is 2.98. The maximum absolute atomic E-state index is 12.6. The molecule has 2 rings (SSSR count). The number of hydrazine groups is 1. The molecule has 9 heteroatoms. The number of nitrogens with one attached hydrogen (secondary N) is 1. The third kappa shape index (κ3) is 3.06. The van der Waals surface area contributed by atoms with Crippen LogP contribution in [0.5, 0.6) is 0 Å². The summed E-state index contributed by atoms with van der Waals surface area (Å²) in [5, 5.41) is 9.13. The van der Waals surface area contributed by atoms with Crippen molar-refractivity contribution in [2.24, 2.45) is 5.84 Å². The smallest absolute Gasteiger partial charge is 0.246 e. The van der Waals surface area contributed by atoms with E-state index < -0.39 is 10.0 Å². The first kappa shape index (κ1) is 15.1. The van der Waals surface area contributed by atoms with Gasteiger partial charge in [-0.2, -0.15) is 4.31 Å². The van der Waals surface area contributed by atoms with Crippen molar-refractivity contribution in [2.75, 3.05) is 18.6 Å². The van der Waals surface area contributed by atoms with Crippen LogP contribution in [0.2, 0.25) is 0 Å². The van der Waals surface area contributed by atoms with Crippen LogP contribution in [0.1, 0.15) is 25.7 Å². The van der Waals surface area contributed by atoms with Crippen molar-refractivity contribution in [1.82, 2.24) is 14.3 Å². The molecular weight excluding hydrogens is 282 g/mol. The van der Waals surface area contributed by atoms with E-state index in [2.05, 4.69) is 15.4 Å². The second-order valence-electron chi connectivity index (χ2n) is 4.66. The summed E-state index contributed by atoms with van der Waals surface area (Å²) in [7, 11) is -3.69. The van der Waals surface area contributed by atoms with Gasteiger partial charge in [-0.3, -0.25) is 5.43 Å². The maximum Gasteiger partial charge on any atom is 0.246 e. The standard InChI is InChI=1S/C11H19N5O3S/c12-15-11-13-7-10(8-14-11)20(18,19)16(5-6-17)9-3-1-2-4-9/h7-9,17H,1-6,12H2,(H,13,14,15). The highest BCUT2D eigenvalue weighted by Crippen LogP contribution is 2.28. The van der Waals surface area contributed by atoms with Crippen molar-refractivity contribution in [1.29, 1.82) is 0 Å². The zero-order valence-electron chi connectivity index (χ0n) is 11.1. The Balaban J connectivity index is 2.28. The average molecular weight is 301 g/mol. The van der Waals surface area contributed by atoms with Gasteiger partial charge in [-0.1, -0.05) is 12.8 Å². The molecule has 20 heavy (non-hydrogen) atoms. The zero-order chi connectivity index (χ0) is 14.6. The van der Waals surface area contributed by atoms with Crippen LogP contribution in [0.4, 0.5) is 5.95 Å². The van der Waals surface area contributed by atoms with E-state index in [0.29, 0.717) is 0 Å². The first-order valence-corrected chi connectivity index (χ1v) is 7.95. The first-order valence-electron chi connectivity index (χ1n) is 6.51. The Bertz CT molecular complexity index is 527. The van der Waals surface area contributed by atoms with Gasteiger partial charge in [0.2, 0.25) is 16.0 Å². The summed E-state index contributed by atoms with van der Waals surface area (Å²) >= 11 is 0. The van der Waals surface area contributed by atoms with Crippen LogP contribution in [0.3, 0.4) is 0 Å². The van der Waals surface area contributed by atoms with Crippen LogP contribution in [-0.2, 0) is 10.0 Å². The normalized spacial score (nSPS) is 16.8. The van der Waals surface area contributed by atoms with E-state index in [-0.39, 0.29) is 30.0 Å². The van der Waals surface area contributed by atoms with Crippen molar-refractivity contribution in [3.8, 4) is 0 Å². The summed E-state index contributed by atoms with van der Waals surface area (Å²) in [6, 6.07) is -0.0561. The molecule has 0 atom stereocenters. The molecule has 112 valence electrons. The summed E-state index contributed by atoms with van der Waals surface area (Å²) in [6.07, 6.45) is 6.10. The number of hydrogen-bond acceptors (Lipinski definition) is 7. The first-order chi connectivity index (χ1) is 9.59. The lowest BCUT2D eigenvalue weighted by Crippen LogP contribution is -2.40. The molecule has 0 spiro atoms. The number of hydrogen-bond donors (Lipinski definition) is 3. The van der Waals surface area contributed by atoms with Gasteiger partial charge in [-0.15, -0.1) is 0 Å². The summed E-state index contributed by atoms with van der Waals surface area (Å²) in [4.78, 5) is 7.65. The van der Waals surface area contributed by atoms with Crippen molar-refractivity contribution < 1.29 is 13.5 Å². The molecule has 1 heterocycles. The predicted molar refractivity (Wildman–Crippen MR) is 73.1 cm³/mol. The summed E-state index contributed by atoms with van der Waals surface area (Å²) in [5.74, 6) is 5.30. The van der Waals surface area contributed by atoms with E-state index in [1.807, 2.05) is 0 Å². The Labute approximate surface area is 118 Å². The fraction of sp³-hybridized carbons (Fsp3) is 0.636. The highest BCUT2D eigenvalue weighted by Gasteiger charge is 2.33. The second-order valence-corrected chi connectivity index (χ2v) is 6.55. The Morgan fingerprint density at radius 1 is 1.35 bits per heavy atom. The lowest BCUT2D eigenvalue weighted by atomic mass is 10.2. The van der Waals surface area contributed by atoms with Gasteiger partial charge in [-0.25, -0.2) is 24.2 Å². The number of anilines is 1. The van der Waals surface area contributed by atoms with E-state index in [1.54, 1.807) is 0 Å². The van der Waals surface area contributed by atoms with E-state index in [1.165, 1.54) is 16.7 Å². The Morgan fingerprint density at radius 2 is 1.95 bits per heavy atom. The van der Waals surface area contributed by atoms with Crippen LogP contribution < -0.4 is 11.3 Å². The molecule has 0 bridgehead atoms. The molecule has 0 aliphatic heterocycles. The van der Waals surface area contributed by atoms with Crippen LogP contribution in [-0.4, -0.2) is 47.0 Å². The van der Waals surface area contributed by atoms with Crippen LogP contribution in [0.25, 0.3) is 0 Å². The fourth-order valence-electron chi connectivity index (χ4n) is 2.45. The number of nitrogens with zero attached hydrogens (tertiary/aromatic N) is 3. The molecule has 1 aromatic heterocycles. The highest BCUT2D eigenvalue weighted by atomic mass is 32.2. The van der Waals surface area contributed by atoms with E-state index in [4.69, 9.17) is 10.9 Å². The Hall–Kier alpha value is -1.29. The topological polar surface area (TPSA) is 121 Å². The minimum absolute atomic E-state index is 0.0110. The molecule has 1 fully saturated rings. The van der Waals surface area contributed by atoms with Crippen molar-refractivity contribution >= 4 is 16.0 Å². The van der Waals surface area contributed by atoms with Gasteiger partial charge in [-0.05, 0) is 12.8 Å². The predicted octanol–water partition coefficient (Wildman–Crippen LogP) is -0.312. The number of aliphatic hydroxyl groups excluding tert-OH is 1.